The number of hydrogen-bond acceptors (Lipinski definition) is 4. The van der Waals surface area contributed by atoms with Gasteiger partial charge in [-0.25, -0.2) is 4.79 Å². The van der Waals surface area contributed by atoms with Crippen molar-refractivity contribution in [2.45, 2.75) is 91.1 Å². The zero-order chi connectivity index (χ0) is 27.0. The molecule has 0 aliphatic carbocycles. The fourth-order valence-corrected chi connectivity index (χ4v) is 5.49. The molecule has 0 atom stereocenters. The maximum Gasteiger partial charge on any atom is 0.321 e. The van der Waals surface area contributed by atoms with E-state index in [1.165, 1.54) is 68.3 Å². The van der Waals surface area contributed by atoms with Crippen LogP contribution in [0.3, 0.4) is 0 Å². The van der Waals surface area contributed by atoms with Crippen LogP contribution in [0.15, 0.2) is 59.6 Å². The fraction of sp³-hybridized carbons (Fsp3) is 0.531. The molecule has 2 aromatic carbocycles. The Morgan fingerprint density at radius 1 is 0.949 bits per heavy atom. The first-order valence-corrected chi connectivity index (χ1v) is 15.4. The summed E-state index contributed by atoms with van der Waals surface area (Å²) in [5.74, 6) is 1.87. The third-order valence-corrected chi connectivity index (χ3v) is 7.94. The predicted octanol–water partition coefficient (Wildman–Crippen LogP) is 9.28. The van der Waals surface area contributed by atoms with Gasteiger partial charge in [-0.2, -0.15) is 0 Å². The number of carbonyl (C=O) groups excluding carboxylic acids is 1. The molecular weight excluding hydrogens is 570 g/mol. The lowest BCUT2D eigenvalue weighted by Crippen LogP contribution is -2.37. The van der Waals surface area contributed by atoms with Gasteiger partial charge in [0.25, 0.3) is 0 Å². The van der Waals surface area contributed by atoms with Crippen molar-refractivity contribution in [3.05, 3.63) is 70.8 Å². The summed E-state index contributed by atoms with van der Waals surface area (Å²) in [6.45, 7) is 6.52. The summed E-state index contributed by atoms with van der Waals surface area (Å²) >= 11 is 1.87. The third kappa shape index (κ3) is 12.3. The molecule has 0 fully saturated rings. The van der Waals surface area contributed by atoms with Crippen molar-refractivity contribution in [3.8, 4) is 5.75 Å². The molecule has 216 valence electrons. The minimum atomic E-state index is -0.121. The monoisotopic (exact) mass is 617 g/mol. The number of nitrogens with one attached hydrogen (secondary N) is 1. The Morgan fingerprint density at radius 2 is 1.62 bits per heavy atom. The second kappa shape index (κ2) is 19.0. The Morgan fingerprint density at radius 3 is 2.23 bits per heavy atom. The van der Waals surface area contributed by atoms with Gasteiger partial charge in [-0.05, 0) is 53.6 Å². The molecule has 5 nitrogen and oxygen atoms in total. The lowest BCUT2D eigenvalue weighted by Gasteiger charge is -2.23. The van der Waals surface area contributed by atoms with E-state index in [2.05, 4.69) is 54.5 Å². The number of ether oxygens (including phenoxy) is 1. The SMILES string of the molecule is Br.CCCCCCCCCCCCOc1cccc(CN(C(=O)NC)c2ccc(CN3C=C(C)SC3)cc2)c1. The number of halogens is 1. The minimum absolute atomic E-state index is 0. The van der Waals surface area contributed by atoms with Gasteiger partial charge in [0.15, 0.2) is 0 Å². The lowest BCUT2D eigenvalue weighted by atomic mass is 10.1. The average Bonchev–Trinajstić information content (AvgIpc) is 3.35. The number of rotatable bonds is 17. The molecule has 1 N–H and O–H groups in total. The summed E-state index contributed by atoms with van der Waals surface area (Å²) in [6.07, 6.45) is 15.4. The van der Waals surface area contributed by atoms with Crippen molar-refractivity contribution in [1.82, 2.24) is 10.2 Å². The molecule has 7 heteroatoms. The summed E-state index contributed by atoms with van der Waals surface area (Å²) in [5.41, 5.74) is 3.17. The van der Waals surface area contributed by atoms with Crippen molar-refractivity contribution < 1.29 is 9.53 Å². The maximum atomic E-state index is 12.8. The summed E-state index contributed by atoms with van der Waals surface area (Å²) in [5, 5.41) is 2.79. The Hall–Kier alpha value is -2.12. The van der Waals surface area contributed by atoms with Crippen molar-refractivity contribution in [2.24, 2.45) is 0 Å². The minimum Gasteiger partial charge on any atom is -0.494 e. The summed E-state index contributed by atoms with van der Waals surface area (Å²) in [4.78, 5) is 18.2. The number of allylic oxidation sites excluding steroid dienone is 1. The summed E-state index contributed by atoms with van der Waals surface area (Å²) in [6, 6.07) is 16.3. The number of unbranched alkanes of at least 4 members (excludes halogenated alkanes) is 9. The molecule has 3 rings (SSSR count). The van der Waals surface area contributed by atoms with Crippen LogP contribution in [0.5, 0.6) is 5.75 Å². The Labute approximate surface area is 251 Å². The van der Waals surface area contributed by atoms with Crippen LogP contribution in [-0.4, -0.2) is 30.5 Å². The quantitative estimate of drug-likeness (QED) is 0.180. The first-order chi connectivity index (χ1) is 18.6. The number of urea groups is 1. The highest BCUT2D eigenvalue weighted by Crippen LogP contribution is 2.27. The molecule has 1 heterocycles. The number of nitrogens with zero attached hydrogens (tertiary/aromatic N) is 2. The van der Waals surface area contributed by atoms with Crippen LogP contribution in [0.25, 0.3) is 0 Å². The van der Waals surface area contributed by atoms with Crippen molar-refractivity contribution in [3.63, 3.8) is 0 Å². The smallest absolute Gasteiger partial charge is 0.321 e. The number of amides is 2. The van der Waals surface area contributed by atoms with E-state index in [1.54, 1.807) is 11.9 Å². The third-order valence-electron chi connectivity index (χ3n) is 6.92. The Kier molecular flexibility index (Phi) is 16.2. The summed E-state index contributed by atoms with van der Waals surface area (Å²) in [7, 11) is 1.68. The molecule has 0 aromatic heterocycles. The molecule has 0 unspecified atom stereocenters. The predicted molar refractivity (Wildman–Crippen MR) is 173 cm³/mol. The number of anilines is 1. The second-order valence-corrected chi connectivity index (χ2v) is 11.4. The van der Waals surface area contributed by atoms with E-state index in [0.29, 0.717) is 6.54 Å². The zero-order valence-electron chi connectivity index (χ0n) is 24.1. The van der Waals surface area contributed by atoms with Crippen LogP contribution in [-0.2, 0) is 13.1 Å². The van der Waals surface area contributed by atoms with E-state index in [-0.39, 0.29) is 23.0 Å². The maximum absolute atomic E-state index is 12.8. The van der Waals surface area contributed by atoms with Crippen LogP contribution >= 0.6 is 28.7 Å². The molecule has 2 amide bonds. The molecule has 39 heavy (non-hydrogen) atoms. The second-order valence-electron chi connectivity index (χ2n) is 10.2. The van der Waals surface area contributed by atoms with Gasteiger partial charge >= 0.3 is 6.03 Å². The van der Waals surface area contributed by atoms with Gasteiger partial charge in [-0.15, -0.1) is 28.7 Å². The molecule has 0 saturated heterocycles. The van der Waals surface area contributed by atoms with E-state index in [9.17, 15) is 4.79 Å². The molecule has 2 aromatic rings. The largest absolute Gasteiger partial charge is 0.494 e. The molecule has 0 bridgehead atoms. The van der Waals surface area contributed by atoms with Crippen molar-refractivity contribution in [2.75, 3.05) is 24.4 Å². The standard InChI is InChI=1S/C32H47N3O2S.BrH/c1-4-5-6-7-8-9-10-11-12-13-21-37-31-16-14-15-29(22-31)25-35(32(36)33-3)30-19-17-28(18-20-30)24-34-23-27(2)38-26-34;/h14-20,22-23H,4-13,21,24-26H2,1-3H3,(H,33,36);1H. The van der Waals surface area contributed by atoms with Gasteiger partial charge < -0.3 is 15.0 Å². The van der Waals surface area contributed by atoms with Gasteiger partial charge in [-0.1, -0.05) is 89.0 Å². The van der Waals surface area contributed by atoms with Crippen LogP contribution in [0.2, 0.25) is 0 Å². The Bertz CT molecular complexity index is 999. The first-order valence-electron chi connectivity index (χ1n) is 14.4. The number of thioether (sulfide) groups is 1. The molecule has 0 radical (unpaired) electrons. The van der Waals surface area contributed by atoms with E-state index in [4.69, 9.17) is 4.74 Å². The van der Waals surface area contributed by atoms with Crippen LogP contribution in [0.1, 0.15) is 89.2 Å². The molecule has 1 aliphatic rings. The highest BCUT2D eigenvalue weighted by molar-refractivity contribution is 8.93. The molecule has 0 saturated carbocycles. The number of benzene rings is 2. The molecule has 0 spiro atoms. The highest BCUT2D eigenvalue weighted by Gasteiger charge is 2.16. The van der Waals surface area contributed by atoms with Crippen LogP contribution in [0.4, 0.5) is 10.5 Å². The van der Waals surface area contributed by atoms with Crippen molar-refractivity contribution >= 4 is 40.5 Å². The summed E-state index contributed by atoms with van der Waals surface area (Å²) < 4.78 is 6.05. The van der Waals surface area contributed by atoms with E-state index < -0.39 is 0 Å². The van der Waals surface area contributed by atoms with Gasteiger partial charge in [-0.3, -0.25) is 4.90 Å². The number of hydrogen-bond donors (Lipinski definition) is 1. The topological polar surface area (TPSA) is 44.8 Å². The van der Waals surface area contributed by atoms with Gasteiger partial charge in [0, 0.05) is 25.5 Å². The first kappa shape index (κ1) is 33.1. The Balaban J connectivity index is 0.00000533. The highest BCUT2D eigenvalue weighted by atomic mass is 79.9. The van der Waals surface area contributed by atoms with E-state index in [1.807, 2.05) is 36.0 Å². The van der Waals surface area contributed by atoms with E-state index >= 15 is 0 Å². The van der Waals surface area contributed by atoms with E-state index in [0.717, 1.165) is 42.4 Å². The van der Waals surface area contributed by atoms with Gasteiger partial charge in [0.2, 0.25) is 0 Å². The number of carbonyl (C=O) groups is 1. The van der Waals surface area contributed by atoms with Crippen LogP contribution in [0, 0.1) is 0 Å². The van der Waals surface area contributed by atoms with Gasteiger partial charge in [0.1, 0.15) is 5.75 Å². The van der Waals surface area contributed by atoms with Crippen LogP contribution < -0.4 is 15.0 Å². The molecule has 1 aliphatic heterocycles. The average molecular weight is 619 g/mol. The van der Waals surface area contributed by atoms with Crippen molar-refractivity contribution in [1.29, 1.82) is 0 Å². The fourth-order valence-electron chi connectivity index (χ4n) is 4.73. The molecular formula is C32H48BrN3O2S. The van der Waals surface area contributed by atoms with Gasteiger partial charge in [0.05, 0.1) is 19.0 Å². The lowest BCUT2D eigenvalue weighted by molar-refractivity contribution is 0.248. The zero-order valence-corrected chi connectivity index (χ0v) is 26.7. The normalized spacial score (nSPS) is 12.6.